The van der Waals surface area contributed by atoms with Crippen molar-refractivity contribution in [2.24, 2.45) is 0 Å². The molecule has 2 rings (SSSR count). The second kappa shape index (κ2) is 6.51. The molecular weight excluding hydrogens is 295 g/mol. The molecule has 1 heterocycles. The summed E-state index contributed by atoms with van der Waals surface area (Å²) in [5.74, 6) is -1.09. The number of pyridine rings is 1. The highest BCUT2D eigenvalue weighted by Crippen LogP contribution is 2.32. The van der Waals surface area contributed by atoms with Crippen LogP contribution in [0, 0.1) is 0 Å². The van der Waals surface area contributed by atoms with Crippen LogP contribution < -0.4 is 0 Å². The van der Waals surface area contributed by atoms with Crippen molar-refractivity contribution in [2.75, 3.05) is 0 Å². The van der Waals surface area contributed by atoms with Gasteiger partial charge in [0.2, 0.25) is 0 Å². The molecule has 0 bridgehead atoms. The van der Waals surface area contributed by atoms with Crippen LogP contribution in [0.1, 0.15) is 39.3 Å². The molecule has 0 N–H and O–H groups in total. The Morgan fingerprint density at radius 2 is 1.55 bits per heavy atom. The van der Waals surface area contributed by atoms with Gasteiger partial charge in [-0.3, -0.25) is 14.6 Å². The molecule has 0 atom stereocenters. The van der Waals surface area contributed by atoms with Gasteiger partial charge in [-0.1, -0.05) is 24.3 Å². The molecule has 1 aromatic carbocycles. The summed E-state index contributed by atoms with van der Waals surface area (Å²) in [4.78, 5) is 27.6. The summed E-state index contributed by atoms with van der Waals surface area (Å²) in [6, 6.07) is 9.32. The summed E-state index contributed by atoms with van der Waals surface area (Å²) >= 11 is 0. The van der Waals surface area contributed by atoms with E-state index in [1.54, 1.807) is 12.1 Å². The fourth-order valence-corrected chi connectivity index (χ4v) is 1.99. The van der Waals surface area contributed by atoms with Crippen LogP contribution in [0.15, 0.2) is 48.7 Å². The topological polar surface area (TPSA) is 47.0 Å². The first-order valence-electron chi connectivity index (χ1n) is 6.53. The number of carbonyl (C=O) groups excluding carboxylic acids is 2. The highest BCUT2D eigenvalue weighted by atomic mass is 19.4. The largest absolute Gasteiger partial charge is 0.417 e. The van der Waals surface area contributed by atoms with Crippen molar-refractivity contribution in [3.05, 3.63) is 65.5 Å². The van der Waals surface area contributed by atoms with Crippen LogP contribution >= 0.6 is 0 Å². The van der Waals surface area contributed by atoms with Gasteiger partial charge < -0.3 is 0 Å². The number of hydrogen-bond acceptors (Lipinski definition) is 3. The van der Waals surface area contributed by atoms with E-state index >= 15 is 0 Å². The molecule has 114 valence electrons. The third kappa shape index (κ3) is 3.78. The molecule has 0 radical (unpaired) electrons. The van der Waals surface area contributed by atoms with Crippen molar-refractivity contribution in [3.63, 3.8) is 0 Å². The Morgan fingerprint density at radius 3 is 2.18 bits per heavy atom. The molecule has 0 fully saturated rings. The molecule has 6 heteroatoms. The van der Waals surface area contributed by atoms with Crippen LogP contribution in [-0.4, -0.2) is 16.6 Å². The molecule has 0 unspecified atom stereocenters. The maximum atomic E-state index is 12.8. The number of benzene rings is 1. The predicted molar refractivity (Wildman–Crippen MR) is 73.6 cm³/mol. The number of hydrogen-bond donors (Lipinski definition) is 0. The van der Waals surface area contributed by atoms with E-state index in [0.29, 0.717) is 0 Å². The van der Waals surface area contributed by atoms with Crippen molar-refractivity contribution in [1.29, 1.82) is 0 Å². The maximum Gasteiger partial charge on any atom is 0.417 e. The molecule has 0 aliphatic carbocycles. The molecule has 22 heavy (non-hydrogen) atoms. The average Bonchev–Trinajstić information content (AvgIpc) is 2.52. The van der Waals surface area contributed by atoms with Crippen LogP contribution in [0.5, 0.6) is 0 Å². The highest BCUT2D eigenvalue weighted by molar-refractivity contribution is 6.02. The molecule has 1 aromatic heterocycles. The molecule has 3 nitrogen and oxygen atoms in total. The second-order valence-corrected chi connectivity index (χ2v) is 4.60. The van der Waals surface area contributed by atoms with Gasteiger partial charge in [0.05, 0.1) is 5.56 Å². The smallest absolute Gasteiger partial charge is 0.294 e. The molecular formula is C16H12F3NO2. The molecule has 0 amide bonds. The van der Waals surface area contributed by atoms with Crippen LogP contribution in [-0.2, 0) is 6.18 Å². The summed E-state index contributed by atoms with van der Waals surface area (Å²) in [5, 5.41) is 0. The van der Waals surface area contributed by atoms with E-state index in [2.05, 4.69) is 4.98 Å². The van der Waals surface area contributed by atoms with Crippen LogP contribution in [0.4, 0.5) is 13.2 Å². The third-order valence-corrected chi connectivity index (χ3v) is 3.06. The van der Waals surface area contributed by atoms with Crippen molar-refractivity contribution in [2.45, 2.75) is 19.0 Å². The number of nitrogens with zero attached hydrogens (tertiary/aromatic N) is 1. The Bertz CT molecular complexity index is 681. The first-order chi connectivity index (χ1) is 10.4. The van der Waals surface area contributed by atoms with E-state index in [9.17, 15) is 22.8 Å². The van der Waals surface area contributed by atoms with E-state index in [0.717, 1.165) is 12.1 Å². The Kier molecular flexibility index (Phi) is 4.70. The SMILES string of the molecule is O=C(CCC(=O)c1ccccc1C(F)(F)F)c1ccccn1. The quantitative estimate of drug-likeness (QED) is 0.786. The van der Waals surface area contributed by atoms with E-state index in [1.165, 1.54) is 24.4 Å². The molecule has 0 saturated heterocycles. The zero-order chi connectivity index (χ0) is 16.2. The Morgan fingerprint density at radius 1 is 0.909 bits per heavy atom. The van der Waals surface area contributed by atoms with Gasteiger partial charge in [0.15, 0.2) is 11.6 Å². The van der Waals surface area contributed by atoms with Crippen LogP contribution in [0.3, 0.4) is 0 Å². The van der Waals surface area contributed by atoms with Gasteiger partial charge in [0.25, 0.3) is 0 Å². The minimum absolute atomic E-state index is 0.179. The lowest BCUT2D eigenvalue weighted by molar-refractivity contribution is -0.137. The molecule has 2 aromatic rings. The zero-order valence-electron chi connectivity index (χ0n) is 11.4. The van der Waals surface area contributed by atoms with Gasteiger partial charge in [0, 0.05) is 24.6 Å². The normalized spacial score (nSPS) is 11.2. The Balaban J connectivity index is 2.09. The molecule has 0 saturated carbocycles. The second-order valence-electron chi connectivity index (χ2n) is 4.60. The minimum Gasteiger partial charge on any atom is -0.294 e. The monoisotopic (exact) mass is 307 g/mol. The Labute approximate surface area is 124 Å². The fourth-order valence-electron chi connectivity index (χ4n) is 1.99. The summed E-state index contributed by atoms with van der Waals surface area (Å²) in [5.41, 5.74) is -1.20. The van der Waals surface area contributed by atoms with Crippen molar-refractivity contribution in [1.82, 2.24) is 4.98 Å². The number of alkyl halides is 3. The predicted octanol–water partition coefficient (Wildman–Crippen LogP) is 3.95. The van der Waals surface area contributed by atoms with Crippen LogP contribution in [0.25, 0.3) is 0 Å². The van der Waals surface area contributed by atoms with Gasteiger partial charge in [-0.25, -0.2) is 0 Å². The lowest BCUT2D eigenvalue weighted by atomic mass is 9.99. The van der Waals surface area contributed by atoms with Crippen molar-refractivity contribution < 1.29 is 22.8 Å². The van der Waals surface area contributed by atoms with Crippen LogP contribution in [0.2, 0.25) is 0 Å². The van der Waals surface area contributed by atoms with E-state index < -0.39 is 23.1 Å². The van der Waals surface area contributed by atoms with Gasteiger partial charge in [-0.2, -0.15) is 13.2 Å². The number of aromatic nitrogens is 1. The highest BCUT2D eigenvalue weighted by Gasteiger charge is 2.34. The zero-order valence-corrected chi connectivity index (χ0v) is 11.4. The fraction of sp³-hybridized carbons (Fsp3) is 0.188. The summed E-state index contributed by atoms with van der Waals surface area (Å²) < 4.78 is 38.5. The van der Waals surface area contributed by atoms with E-state index in [4.69, 9.17) is 0 Å². The first-order valence-corrected chi connectivity index (χ1v) is 6.53. The first kappa shape index (κ1) is 15.9. The molecule has 0 aliphatic rings. The van der Waals surface area contributed by atoms with E-state index in [1.807, 2.05) is 0 Å². The standard InChI is InChI=1S/C16H12F3NO2/c17-16(18,19)12-6-2-1-5-11(12)14(21)8-9-15(22)13-7-3-4-10-20-13/h1-7,10H,8-9H2. The number of halogens is 3. The van der Waals surface area contributed by atoms with Gasteiger partial charge in [-0.05, 0) is 18.2 Å². The maximum absolute atomic E-state index is 12.8. The Hall–Kier alpha value is -2.50. The lowest BCUT2D eigenvalue weighted by Crippen LogP contribution is -2.14. The number of rotatable bonds is 5. The average molecular weight is 307 g/mol. The van der Waals surface area contributed by atoms with Gasteiger partial charge in [-0.15, -0.1) is 0 Å². The lowest BCUT2D eigenvalue weighted by Gasteiger charge is -2.11. The summed E-state index contributed by atoms with van der Waals surface area (Å²) in [7, 11) is 0. The van der Waals surface area contributed by atoms with Crippen molar-refractivity contribution in [3.8, 4) is 0 Å². The van der Waals surface area contributed by atoms with Crippen molar-refractivity contribution >= 4 is 11.6 Å². The summed E-state index contributed by atoms with van der Waals surface area (Å²) in [6.07, 6.45) is -3.63. The van der Waals surface area contributed by atoms with Gasteiger partial charge in [0.1, 0.15) is 5.69 Å². The number of carbonyl (C=O) groups is 2. The number of Topliss-reactive ketones (excluding diaryl/α,β-unsaturated/α-hetero) is 2. The molecule has 0 spiro atoms. The van der Waals surface area contributed by atoms with Gasteiger partial charge >= 0.3 is 6.18 Å². The number of ketones is 2. The summed E-state index contributed by atoms with van der Waals surface area (Å²) in [6.45, 7) is 0. The third-order valence-electron chi connectivity index (χ3n) is 3.06. The minimum atomic E-state index is -4.60. The van der Waals surface area contributed by atoms with E-state index in [-0.39, 0.29) is 24.3 Å². The molecule has 0 aliphatic heterocycles.